The molecule has 46 heavy (non-hydrogen) atoms. The number of anilines is 1. The third-order valence-electron chi connectivity index (χ3n) is 10.3. The zero-order valence-electron chi connectivity index (χ0n) is 27.2. The minimum absolute atomic E-state index is 0.0494. The molecule has 1 aliphatic carbocycles. The largest absolute Gasteiger partial charge is 0.487 e. The van der Waals surface area contributed by atoms with E-state index < -0.39 is 21.2 Å². The third kappa shape index (κ3) is 8.17. The first-order chi connectivity index (χ1) is 22.1. The van der Waals surface area contributed by atoms with Crippen molar-refractivity contribution < 1.29 is 27.5 Å². The first-order valence-corrected chi connectivity index (χ1v) is 18.6. The van der Waals surface area contributed by atoms with Crippen LogP contribution in [0, 0.1) is 23.7 Å². The molecule has 2 aromatic rings. The summed E-state index contributed by atoms with van der Waals surface area (Å²) in [5.41, 5.74) is 3.27. The summed E-state index contributed by atoms with van der Waals surface area (Å²) in [7, 11) is -2.32. The maximum Gasteiger partial charge on any atom is 0.264 e. The minimum Gasteiger partial charge on any atom is -0.487 e. The average molecular weight is 674 g/mol. The maximum absolute atomic E-state index is 13.5. The number of carbonyl (C=O) groups excluding carboxylic acids is 2. The molecule has 9 nitrogen and oxygen atoms in total. The molecule has 11 heteroatoms. The monoisotopic (exact) mass is 673 g/mol. The number of hydrogen-bond acceptors (Lipinski definition) is 7. The third-order valence-corrected chi connectivity index (χ3v) is 12.5. The molecular formula is C35H48ClN3O6S. The number of ether oxygens (including phenoxy) is 2. The van der Waals surface area contributed by atoms with E-state index in [-0.39, 0.29) is 29.2 Å². The van der Waals surface area contributed by atoms with Gasteiger partial charge in [0.05, 0.1) is 17.5 Å². The van der Waals surface area contributed by atoms with Crippen molar-refractivity contribution in [3.05, 3.63) is 58.1 Å². The van der Waals surface area contributed by atoms with Crippen LogP contribution in [0.1, 0.15) is 80.3 Å². The summed E-state index contributed by atoms with van der Waals surface area (Å²) < 4.78 is 40.6. The van der Waals surface area contributed by atoms with Crippen LogP contribution in [0.4, 0.5) is 5.69 Å². The lowest BCUT2D eigenvalue weighted by Crippen LogP contribution is -2.47. The van der Waals surface area contributed by atoms with Crippen LogP contribution in [0.15, 0.2) is 36.4 Å². The molecule has 2 N–H and O–H groups in total. The maximum atomic E-state index is 13.5. The van der Waals surface area contributed by atoms with E-state index >= 15 is 0 Å². The van der Waals surface area contributed by atoms with Crippen molar-refractivity contribution in [3.8, 4) is 5.75 Å². The molecule has 5 rings (SSSR count). The molecular weight excluding hydrogens is 626 g/mol. The second-order valence-electron chi connectivity index (χ2n) is 13.3. The molecule has 1 fully saturated rings. The van der Waals surface area contributed by atoms with Gasteiger partial charge in [0, 0.05) is 43.2 Å². The Morgan fingerprint density at radius 1 is 1.07 bits per heavy atom. The Morgan fingerprint density at radius 3 is 2.65 bits per heavy atom. The molecule has 0 radical (unpaired) electrons. The molecule has 0 unspecified atom stereocenters. The lowest BCUT2D eigenvalue weighted by molar-refractivity contribution is -0.129. The predicted octanol–water partition coefficient (Wildman–Crippen LogP) is 5.73. The topological polar surface area (TPSA) is 114 Å². The number of aryl methyl sites for hydroxylation is 1. The van der Waals surface area contributed by atoms with Crippen LogP contribution in [0.25, 0.3) is 0 Å². The van der Waals surface area contributed by atoms with Crippen molar-refractivity contribution in [2.45, 2.75) is 77.1 Å². The average Bonchev–Trinajstić information content (AvgIpc) is 3.04. The number of nitrogens with one attached hydrogen (secondary N) is 2. The van der Waals surface area contributed by atoms with E-state index in [1.165, 1.54) is 5.56 Å². The molecule has 252 valence electrons. The number of methoxy groups -OCH3 is 1. The number of hydrogen-bond donors (Lipinski definition) is 2. The van der Waals surface area contributed by atoms with E-state index in [0.29, 0.717) is 49.3 Å². The summed E-state index contributed by atoms with van der Waals surface area (Å²) in [6.45, 7) is 6.26. The van der Waals surface area contributed by atoms with Crippen molar-refractivity contribution in [3.63, 3.8) is 0 Å². The number of amides is 2. The van der Waals surface area contributed by atoms with Gasteiger partial charge in [-0.2, -0.15) is 0 Å². The molecule has 1 saturated carbocycles. The van der Waals surface area contributed by atoms with Gasteiger partial charge < -0.3 is 19.7 Å². The van der Waals surface area contributed by atoms with Gasteiger partial charge in [0.25, 0.3) is 5.91 Å². The first kappa shape index (κ1) is 34.5. The lowest BCUT2D eigenvalue weighted by atomic mass is 9.65. The summed E-state index contributed by atoms with van der Waals surface area (Å²) in [6, 6.07) is 11.1. The number of halogens is 1. The van der Waals surface area contributed by atoms with Crippen molar-refractivity contribution in [2.24, 2.45) is 23.7 Å². The van der Waals surface area contributed by atoms with Crippen molar-refractivity contribution >= 4 is 39.1 Å². The number of benzene rings is 2. The molecule has 2 aliphatic heterocycles. The highest BCUT2D eigenvalue weighted by atomic mass is 35.5. The van der Waals surface area contributed by atoms with Gasteiger partial charge in [-0.3, -0.25) is 9.59 Å². The quantitative estimate of drug-likeness (QED) is 0.398. The van der Waals surface area contributed by atoms with Crippen LogP contribution in [0.5, 0.6) is 5.75 Å². The van der Waals surface area contributed by atoms with Crippen LogP contribution < -0.4 is 19.7 Å². The molecule has 2 amide bonds. The predicted molar refractivity (Wildman–Crippen MR) is 181 cm³/mol. The van der Waals surface area contributed by atoms with Crippen LogP contribution in [0.2, 0.25) is 5.02 Å². The lowest BCUT2D eigenvalue weighted by Gasteiger charge is -2.44. The van der Waals surface area contributed by atoms with E-state index in [4.69, 9.17) is 21.1 Å². The normalized spacial score (nSPS) is 27.0. The number of nitrogens with zero attached hydrogens (tertiary/aromatic N) is 1. The van der Waals surface area contributed by atoms with Crippen molar-refractivity contribution in [1.82, 2.24) is 10.0 Å². The summed E-state index contributed by atoms with van der Waals surface area (Å²) in [5.74, 6) is 0.205. The van der Waals surface area contributed by atoms with Crippen LogP contribution in [-0.4, -0.2) is 58.8 Å². The summed E-state index contributed by atoms with van der Waals surface area (Å²) in [6.07, 6.45) is 6.79. The Kier molecular flexibility index (Phi) is 11.5. The van der Waals surface area contributed by atoms with Gasteiger partial charge in [-0.25, -0.2) is 13.1 Å². The van der Waals surface area contributed by atoms with Gasteiger partial charge >= 0.3 is 0 Å². The Morgan fingerprint density at radius 2 is 1.89 bits per heavy atom. The van der Waals surface area contributed by atoms with E-state index in [0.717, 1.165) is 62.9 Å². The summed E-state index contributed by atoms with van der Waals surface area (Å²) >= 11 is 6.34. The molecule has 2 aromatic carbocycles. The Balaban J connectivity index is 1.52. The molecule has 2 bridgehead atoms. The Bertz CT molecular complexity index is 1500. The molecule has 0 aromatic heterocycles. The second kappa shape index (κ2) is 15.4. The fourth-order valence-electron chi connectivity index (χ4n) is 7.14. The number of rotatable bonds is 4. The van der Waals surface area contributed by atoms with Gasteiger partial charge in [0.2, 0.25) is 15.9 Å². The van der Waals surface area contributed by atoms with Gasteiger partial charge in [-0.1, -0.05) is 31.0 Å². The van der Waals surface area contributed by atoms with Crippen LogP contribution in [-0.2, 0) is 32.6 Å². The molecule has 3 aliphatic rings. The van der Waals surface area contributed by atoms with Gasteiger partial charge in [0.15, 0.2) is 0 Å². The molecule has 5 atom stereocenters. The summed E-state index contributed by atoms with van der Waals surface area (Å²) in [4.78, 5) is 29.3. The van der Waals surface area contributed by atoms with E-state index in [2.05, 4.69) is 14.9 Å². The fourth-order valence-corrected chi connectivity index (χ4v) is 8.65. The van der Waals surface area contributed by atoms with Gasteiger partial charge in [-0.15, -0.1) is 0 Å². The highest BCUT2D eigenvalue weighted by Crippen LogP contribution is 2.44. The molecule has 0 saturated heterocycles. The second-order valence-corrected chi connectivity index (χ2v) is 15.7. The Labute approximate surface area is 278 Å². The van der Waals surface area contributed by atoms with E-state index in [1.807, 2.05) is 25.1 Å². The number of sulfonamides is 1. The van der Waals surface area contributed by atoms with Gasteiger partial charge in [-0.05, 0) is 111 Å². The fraction of sp³-hybridized carbons (Fsp3) is 0.600. The standard InChI is InChI=1S/C35H48ClN3O6S/c1-23-7-6-9-31(35(41)37-16-18-44-3)30-14-11-27(30)21-39-17-5-4-8-25-19-29(36)13-10-28(25)22-45-33-15-12-26(20-32(33)39)34(40)38-46(42,43)24(23)2/h10,12-13,15,19-20,23-24,27,30-31H,4-9,11,14,16-18,21-22H2,1-3H3,(H,37,41)(H,38,40)/t23-,24+,27-,30+,31-/m0/s1. The first-order valence-electron chi connectivity index (χ1n) is 16.7. The van der Waals surface area contributed by atoms with E-state index in [1.54, 1.807) is 32.2 Å². The van der Waals surface area contributed by atoms with Crippen molar-refractivity contribution in [1.29, 1.82) is 0 Å². The SMILES string of the molecule is COCCNC(=O)[C@H]1CCC[C@H](C)[C@@H](C)S(=O)(=O)NC(=O)c2ccc3c(c2)N(CCCCc2cc(Cl)ccc2CO3)C[C@@H]2CC[C@H]21. The van der Waals surface area contributed by atoms with Crippen LogP contribution in [0.3, 0.4) is 0 Å². The Hall–Kier alpha value is -2.82. The van der Waals surface area contributed by atoms with Crippen molar-refractivity contribution in [2.75, 3.05) is 38.3 Å². The number of fused-ring (bicyclic) bond motifs is 3. The highest BCUT2D eigenvalue weighted by molar-refractivity contribution is 7.90. The molecule has 0 spiro atoms. The van der Waals surface area contributed by atoms with E-state index in [9.17, 15) is 18.0 Å². The number of carbonyl (C=O) groups is 2. The zero-order chi connectivity index (χ0) is 32.8. The highest BCUT2D eigenvalue weighted by Gasteiger charge is 2.41. The zero-order valence-corrected chi connectivity index (χ0v) is 28.8. The van der Waals surface area contributed by atoms with Crippen LogP contribution >= 0.6 is 11.6 Å². The minimum atomic E-state index is -3.94. The van der Waals surface area contributed by atoms with Gasteiger partial charge in [0.1, 0.15) is 12.4 Å². The smallest absolute Gasteiger partial charge is 0.264 e. The molecule has 2 heterocycles. The summed E-state index contributed by atoms with van der Waals surface area (Å²) in [5, 5.41) is 3.01.